The van der Waals surface area contributed by atoms with Crippen LogP contribution in [-0.4, -0.2) is 37.4 Å². The van der Waals surface area contributed by atoms with Crippen LogP contribution in [0.3, 0.4) is 0 Å². The zero-order valence-corrected chi connectivity index (χ0v) is 17.6. The third kappa shape index (κ3) is 3.63. The topological polar surface area (TPSA) is 54.2 Å². The molecule has 3 aromatic rings. The quantitative estimate of drug-likeness (QED) is 0.619. The van der Waals surface area contributed by atoms with Gasteiger partial charge < -0.3 is 5.11 Å². The molecule has 1 aliphatic rings. The first-order valence-electron chi connectivity index (χ1n) is 8.88. The second-order valence-corrected chi connectivity index (χ2v) is 9.55. The number of hydrogen-bond acceptors (Lipinski definition) is 5. The van der Waals surface area contributed by atoms with Crippen molar-refractivity contribution < 1.29 is 13.9 Å². The fourth-order valence-corrected chi connectivity index (χ4v) is 5.54. The van der Waals surface area contributed by atoms with Gasteiger partial charge in [0.15, 0.2) is 0 Å². The van der Waals surface area contributed by atoms with Gasteiger partial charge in [-0.05, 0) is 47.0 Å². The van der Waals surface area contributed by atoms with Crippen LogP contribution in [0.25, 0.3) is 0 Å². The summed E-state index contributed by atoms with van der Waals surface area (Å²) in [6, 6.07) is 4.94. The summed E-state index contributed by atoms with van der Waals surface area (Å²) < 4.78 is 30.7. The van der Waals surface area contributed by atoms with E-state index in [2.05, 4.69) is 37.0 Å². The van der Waals surface area contributed by atoms with Crippen molar-refractivity contribution in [2.75, 3.05) is 6.54 Å². The minimum atomic E-state index is -1.61. The van der Waals surface area contributed by atoms with Gasteiger partial charge in [-0.1, -0.05) is 6.07 Å². The molecule has 0 bridgehead atoms. The Balaban J connectivity index is 1.70. The second-order valence-electron chi connectivity index (χ2n) is 7.04. The number of hydrogen-bond donors (Lipinski definition) is 1. The van der Waals surface area contributed by atoms with Crippen LogP contribution in [0.15, 0.2) is 40.7 Å². The molecule has 1 aromatic carbocycles. The monoisotopic (exact) mass is 468 g/mol. The largest absolute Gasteiger partial charge is 0.381 e. The molecule has 0 saturated carbocycles. The van der Waals surface area contributed by atoms with Gasteiger partial charge in [0.1, 0.15) is 29.9 Å². The van der Waals surface area contributed by atoms with Gasteiger partial charge >= 0.3 is 0 Å². The number of aromatic nitrogens is 3. The first kappa shape index (κ1) is 19.6. The Hall–Kier alpha value is -1.68. The number of aliphatic hydroxyl groups is 1. The lowest BCUT2D eigenvalue weighted by Crippen LogP contribution is -2.53. The SMILES string of the molecule is C[C@@H](N1CCc2sc(Br)cc2C1)[C@](O)(Cn1cncn1)c1ccc(F)cc1F. The van der Waals surface area contributed by atoms with Gasteiger partial charge in [0.25, 0.3) is 0 Å². The van der Waals surface area contributed by atoms with Gasteiger partial charge in [-0.2, -0.15) is 5.10 Å². The maximum Gasteiger partial charge on any atom is 0.137 e. The van der Waals surface area contributed by atoms with Gasteiger partial charge in [0.05, 0.1) is 10.3 Å². The average Bonchev–Trinajstić information content (AvgIpc) is 3.28. The smallest absolute Gasteiger partial charge is 0.137 e. The van der Waals surface area contributed by atoms with Crippen LogP contribution in [0.2, 0.25) is 0 Å². The van der Waals surface area contributed by atoms with Crippen LogP contribution in [0.5, 0.6) is 0 Å². The fraction of sp³-hybridized carbons (Fsp3) is 0.368. The molecule has 0 aliphatic carbocycles. The number of nitrogens with zero attached hydrogens (tertiary/aromatic N) is 4. The van der Waals surface area contributed by atoms with E-state index in [1.54, 1.807) is 11.3 Å². The Labute approximate surface area is 173 Å². The van der Waals surface area contributed by atoms with Gasteiger partial charge in [-0.3, -0.25) is 4.90 Å². The molecule has 148 valence electrons. The molecule has 0 spiro atoms. The number of benzene rings is 1. The minimum absolute atomic E-state index is 0.00735. The zero-order valence-electron chi connectivity index (χ0n) is 15.1. The molecule has 3 heterocycles. The van der Waals surface area contributed by atoms with Crippen LogP contribution < -0.4 is 0 Å². The summed E-state index contributed by atoms with van der Waals surface area (Å²) in [5.74, 6) is -1.45. The van der Waals surface area contributed by atoms with E-state index in [-0.39, 0.29) is 12.1 Å². The van der Waals surface area contributed by atoms with Crippen LogP contribution in [0.1, 0.15) is 22.9 Å². The molecule has 1 N–H and O–H groups in total. The lowest BCUT2D eigenvalue weighted by Gasteiger charge is -2.42. The van der Waals surface area contributed by atoms with E-state index >= 15 is 0 Å². The maximum atomic E-state index is 14.7. The number of rotatable bonds is 5. The fourth-order valence-electron chi connectivity index (χ4n) is 3.80. The molecule has 0 fully saturated rings. The molecule has 0 amide bonds. The first-order chi connectivity index (χ1) is 13.4. The summed E-state index contributed by atoms with van der Waals surface area (Å²) in [6.45, 7) is 3.27. The third-order valence-electron chi connectivity index (χ3n) is 5.37. The molecule has 4 rings (SSSR count). The zero-order chi connectivity index (χ0) is 19.9. The van der Waals surface area contributed by atoms with E-state index in [4.69, 9.17) is 0 Å². The first-order valence-corrected chi connectivity index (χ1v) is 10.5. The van der Waals surface area contributed by atoms with E-state index in [1.807, 2.05) is 6.92 Å². The minimum Gasteiger partial charge on any atom is -0.381 e. The Kier molecular flexibility index (Phi) is 5.34. The average molecular weight is 469 g/mol. The third-order valence-corrected chi connectivity index (χ3v) is 7.11. The van der Waals surface area contributed by atoms with Crippen molar-refractivity contribution in [3.05, 3.63) is 68.3 Å². The van der Waals surface area contributed by atoms with E-state index < -0.39 is 23.3 Å². The van der Waals surface area contributed by atoms with Crippen molar-refractivity contribution in [1.82, 2.24) is 19.7 Å². The molecule has 0 radical (unpaired) electrons. The van der Waals surface area contributed by atoms with Gasteiger partial charge in [0, 0.05) is 35.6 Å². The van der Waals surface area contributed by atoms with Crippen molar-refractivity contribution in [3.63, 3.8) is 0 Å². The van der Waals surface area contributed by atoms with Crippen molar-refractivity contribution in [1.29, 1.82) is 0 Å². The van der Waals surface area contributed by atoms with Crippen LogP contribution in [0.4, 0.5) is 8.78 Å². The van der Waals surface area contributed by atoms with Crippen molar-refractivity contribution in [3.8, 4) is 0 Å². The van der Waals surface area contributed by atoms with E-state index in [0.29, 0.717) is 6.54 Å². The van der Waals surface area contributed by atoms with Gasteiger partial charge in [-0.15, -0.1) is 11.3 Å². The highest BCUT2D eigenvalue weighted by Crippen LogP contribution is 2.37. The standard InChI is InChI=1S/C19H19BrF2N4OS/c1-12(25-5-4-17-13(8-25)6-18(20)28-17)19(27,9-26-11-23-10-24-26)15-3-2-14(21)7-16(15)22/h2-3,6-7,10-12,27H,4-5,8-9H2,1H3/t12-,19-/m1/s1. The highest BCUT2D eigenvalue weighted by atomic mass is 79.9. The molecule has 0 unspecified atom stereocenters. The number of fused-ring (bicyclic) bond motifs is 1. The molecule has 5 nitrogen and oxygen atoms in total. The Morgan fingerprint density at radius 2 is 2.18 bits per heavy atom. The highest BCUT2D eigenvalue weighted by molar-refractivity contribution is 9.11. The normalized spacial score (nSPS) is 17.9. The predicted molar refractivity (Wildman–Crippen MR) is 106 cm³/mol. The van der Waals surface area contributed by atoms with Gasteiger partial charge in [-0.25, -0.2) is 18.4 Å². The van der Waals surface area contributed by atoms with Crippen molar-refractivity contribution in [2.24, 2.45) is 0 Å². The lowest BCUT2D eigenvalue weighted by atomic mass is 9.84. The van der Waals surface area contributed by atoms with Crippen LogP contribution in [0, 0.1) is 11.6 Å². The summed E-state index contributed by atoms with van der Waals surface area (Å²) in [5.41, 5.74) is -0.358. The molecule has 1 aliphatic heterocycles. The van der Waals surface area contributed by atoms with E-state index in [9.17, 15) is 13.9 Å². The molecule has 9 heteroatoms. The summed E-state index contributed by atoms with van der Waals surface area (Å²) in [5, 5.41) is 15.8. The Morgan fingerprint density at radius 1 is 1.36 bits per heavy atom. The van der Waals surface area contributed by atoms with Crippen LogP contribution >= 0.6 is 27.3 Å². The van der Waals surface area contributed by atoms with E-state index in [1.165, 1.54) is 39.9 Å². The van der Waals surface area contributed by atoms with Crippen molar-refractivity contribution in [2.45, 2.75) is 38.1 Å². The van der Waals surface area contributed by atoms with Crippen LogP contribution in [-0.2, 0) is 25.1 Å². The molecular formula is C19H19BrF2N4OS. The molecule has 2 atom stereocenters. The summed E-state index contributed by atoms with van der Waals surface area (Å²) in [6.07, 6.45) is 3.70. The second kappa shape index (κ2) is 7.62. The molecule has 0 saturated heterocycles. The highest BCUT2D eigenvalue weighted by Gasteiger charge is 2.42. The maximum absolute atomic E-state index is 14.7. The Bertz CT molecular complexity index is 980. The number of thiophene rings is 1. The molecular weight excluding hydrogens is 450 g/mol. The molecule has 2 aromatic heterocycles. The van der Waals surface area contributed by atoms with Crippen molar-refractivity contribution >= 4 is 27.3 Å². The van der Waals surface area contributed by atoms with E-state index in [0.717, 1.165) is 22.8 Å². The predicted octanol–water partition coefficient (Wildman–Crippen LogP) is 3.71. The lowest BCUT2D eigenvalue weighted by molar-refractivity contribution is -0.0676. The van der Waals surface area contributed by atoms with Gasteiger partial charge in [0.2, 0.25) is 0 Å². The molecule has 28 heavy (non-hydrogen) atoms. The summed E-state index contributed by atoms with van der Waals surface area (Å²) >= 11 is 5.25. The summed E-state index contributed by atoms with van der Waals surface area (Å²) in [4.78, 5) is 7.36. The number of halogens is 3. The Morgan fingerprint density at radius 3 is 2.89 bits per heavy atom. The summed E-state index contributed by atoms with van der Waals surface area (Å²) in [7, 11) is 0.